The number of anilines is 1. The number of nitrogens with two attached hydrogens (primary N) is 1. The van der Waals surface area contributed by atoms with E-state index in [0.29, 0.717) is 6.42 Å². The summed E-state index contributed by atoms with van der Waals surface area (Å²) in [4.78, 5) is 12.1. The highest BCUT2D eigenvalue weighted by molar-refractivity contribution is 6.39. The van der Waals surface area contributed by atoms with Crippen LogP contribution in [0.2, 0.25) is 10.0 Å². The van der Waals surface area contributed by atoms with Crippen LogP contribution < -0.4 is 11.1 Å². The molecule has 3 nitrogen and oxygen atoms in total. The Morgan fingerprint density at radius 2 is 1.76 bits per heavy atom. The minimum absolute atomic E-state index is 0.0280. The second-order valence-electron chi connectivity index (χ2n) is 4.53. The van der Waals surface area contributed by atoms with Gasteiger partial charge in [0, 0.05) is 0 Å². The molecule has 0 saturated carbocycles. The topological polar surface area (TPSA) is 55.1 Å². The third-order valence-electron chi connectivity index (χ3n) is 2.89. The summed E-state index contributed by atoms with van der Waals surface area (Å²) in [6.07, 6.45) is 0.378. The minimum Gasteiger partial charge on any atom is -0.322 e. The van der Waals surface area contributed by atoms with Crippen LogP contribution >= 0.6 is 23.2 Å². The van der Waals surface area contributed by atoms with Crippen LogP contribution in [0, 0.1) is 5.82 Å². The van der Waals surface area contributed by atoms with Crippen LogP contribution in [-0.4, -0.2) is 11.9 Å². The smallest absolute Gasteiger partial charge is 0.241 e. The van der Waals surface area contributed by atoms with Gasteiger partial charge in [-0.2, -0.15) is 0 Å². The highest BCUT2D eigenvalue weighted by atomic mass is 35.5. The molecule has 0 heterocycles. The lowest BCUT2D eigenvalue weighted by atomic mass is 10.1. The molecule has 0 aliphatic heterocycles. The van der Waals surface area contributed by atoms with Crippen molar-refractivity contribution in [3.05, 3.63) is 63.9 Å². The zero-order chi connectivity index (χ0) is 15.4. The second kappa shape index (κ2) is 6.89. The Morgan fingerprint density at radius 3 is 2.33 bits per heavy atom. The standard InChI is InChI=1S/C15H13Cl2FN2O/c16-11-7-10(18)8-12(17)14(11)20-15(21)13(19)6-9-4-2-1-3-5-9/h1-5,7-8,13H,6,19H2,(H,20,21). The molecule has 0 spiro atoms. The molecular weight excluding hydrogens is 314 g/mol. The lowest BCUT2D eigenvalue weighted by Gasteiger charge is -2.14. The van der Waals surface area contributed by atoms with Gasteiger partial charge in [0.25, 0.3) is 0 Å². The Bertz CT molecular complexity index is 626. The van der Waals surface area contributed by atoms with Gasteiger partial charge in [0.1, 0.15) is 5.82 Å². The SMILES string of the molecule is NC(Cc1ccccc1)C(=O)Nc1c(Cl)cc(F)cc1Cl. The maximum absolute atomic E-state index is 13.1. The van der Waals surface area contributed by atoms with Crippen LogP contribution in [0.5, 0.6) is 0 Å². The van der Waals surface area contributed by atoms with Crippen molar-refractivity contribution in [2.24, 2.45) is 5.73 Å². The van der Waals surface area contributed by atoms with E-state index in [0.717, 1.165) is 17.7 Å². The molecule has 2 aromatic rings. The van der Waals surface area contributed by atoms with E-state index in [-0.39, 0.29) is 15.7 Å². The summed E-state index contributed by atoms with van der Waals surface area (Å²) in [5.41, 5.74) is 6.96. The summed E-state index contributed by atoms with van der Waals surface area (Å²) in [6.45, 7) is 0. The van der Waals surface area contributed by atoms with Crippen molar-refractivity contribution in [1.82, 2.24) is 0 Å². The molecular formula is C15H13Cl2FN2O. The van der Waals surface area contributed by atoms with Gasteiger partial charge in [0.05, 0.1) is 21.8 Å². The summed E-state index contributed by atoms with van der Waals surface area (Å²) >= 11 is 11.7. The molecule has 0 saturated heterocycles. The van der Waals surface area contributed by atoms with E-state index in [1.165, 1.54) is 0 Å². The first kappa shape index (κ1) is 15.8. The lowest BCUT2D eigenvalue weighted by Crippen LogP contribution is -2.37. The number of halogens is 3. The highest BCUT2D eigenvalue weighted by Crippen LogP contribution is 2.31. The molecule has 110 valence electrons. The summed E-state index contributed by atoms with van der Waals surface area (Å²) in [5, 5.41) is 2.59. The lowest BCUT2D eigenvalue weighted by molar-refractivity contribution is -0.117. The fourth-order valence-electron chi connectivity index (χ4n) is 1.84. The normalized spacial score (nSPS) is 12.0. The molecule has 0 aliphatic rings. The van der Waals surface area contributed by atoms with Crippen molar-refractivity contribution in [3.8, 4) is 0 Å². The second-order valence-corrected chi connectivity index (χ2v) is 5.34. The van der Waals surface area contributed by atoms with E-state index in [4.69, 9.17) is 28.9 Å². The van der Waals surface area contributed by atoms with Gasteiger partial charge in [0.2, 0.25) is 5.91 Å². The van der Waals surface area contributed by atoms with Gasteiger partial charge >= 0.3 is 0 Å². The molecule has 0 aromatic heterocycles. The van der Waals surface area contributed by atoms with Crippen LogP contribution in [0.4, 0.5) is 10.1 Å². The third-order valence-corrected chi connectivity index (χ3v) is 3.49. The third kappa shape index (κ3) is 4.17. The molecule has 3 N–H and O–H groups in total. The van der Waals surface area contributed by atoms with E-state index in [1.54, 1.807) is 0 Å². The van der Waals surface area contributed by atoms with Gasteiger partial charge in [-0.15, -0.1) is 0 Å². The van der Waals surface area contributed by atoms with Gasteiger partial charge in [0.15, 0.2) is 0 Å². The molecule has 0 aliphatic carbocycles. The average molecular weight is 327 g/mol. The molecule has 0 radical (unpaired) electrons. The van der Waals surface area contributed by atoms with Crippen molar-refractivity contribution >= 4 is 34.8 Å². The Morgan fingerprint density at radius 1 is 1.19 bits per heavy atom. The van der Waals surface area contributed by atoms with Crippen molar-refractivity contribution in [2.45, 2.75) is 12.5 Å². The van der Waals surface area contributed by atoms with Crippen LogP contribution in [0.15, 0.2) is 42.5 Å². The quantitative estimate of drug-likeness (QED) is 0.901. The van der Waals surface area contributed by atoms with Crippen molar-refractivity contribution in [1.29, 1.82) is 0 Å². The fraction of sp³-hybridized carbons (Fsp3) is 0.133. The van der Waals surface area contributed by atoms with Crippen molar-refractivity contribution in [2.75, 3.05) is 5.32 Å². The number of nitrogens with one attached hydrogen (secondary N) is 1. The highest BCUT2D eigenvalue weighted by Gasteiger charge is 2.17. The van der Waals surface area contributed by atoms with Gasteiger partial charge in [-0.05, 0) is 24.1 Å². The summed E-state index contributed by atoms with van der Waals surface area (Å²) < 4.78 is 13.1. The largest absolute Gasteiger partial charge is 0.322 e. The van der Waals surface area contributed by atoms with Crippen molar-refractivity contribution < 1.29 is 9.18 Å². The summed E-state index contributed by atoms with van der Waals surface area (Å²) in [6, 6.07) is 10.8. The Kier molecular flexibility index (Phi) is 5.17. The predicted molar refractivity (Wildman–Crippen MR) is 83.2 cm³/mol. The van der Waals surface area contributed by atoms with Gasteiger partial charge in [-0.1, -0.05) is 53.5 Å². The number of hydrogen-bond donors (Lipinski definition) is 2. The molecule has 1 amide bonds. The number of rotatable bonds is 4. The molecule has 21 heavy (non-hydrogen) atoms. The monoisotopic (exact) mass is 326 g/mol. The zero-order valence-electron chi connectivity index (χ0n) is 10.9. The number of carbonyl (C=O) groups is 1. The van der Waals surface area contributed by atoms with Crippen molar-refractivity contribution in [3.63, 3.8) is 0 Å². The Balaban J connectivity index is 2.08. The average Bonchev–Trinajstić information content (AvgIpc) is 2.43. The number of hydrogen-bond acceptors (Lipinski definition) is 2. The first-order valence-electron chi connectivity index (χ1n) is 6.22. The number of benzene rings is 2. The molecule has 2 rings (SSSR count). The molecule has 1 atom stereocenters. The van der Waals surface area contributed by atoms with E-state index in [1.807, 2.05) is 30.3 Å². The van der Waals surface area contributed by atoms with Gasteiger partial charge in [-0.3, -0.25) is 4.79 Å². The molecule has 2 aromatic carbocycles. The summed E-state index contributed by atoms with van der Waals surface area (Å²) in [5.74, 6) is -1.01. The van der Waals surface area contributed by atoms with Crippen LogP contribution in [-0.2, 0) is 11.2 Å². The molecule has 1 unspecified atom stereocenters. The first-order valence-corrected chi connectivity index (χ1v) is 6.98. The van der Waals surface area contributed by atoms with Crippen LogP contribution in [0.25, 0.3) is 0 Å². The minimum atomic E-state index is -0.760. The van der Waals surface area contributed by atoms with E-state index in [2.05, 4.69) is 5.32 Å². The van der Waals surface area contributed by atoms with Gasteiger partial charge < -0.3 is 11.1 Å². The van der Waals surface area contributed by atoms with E-state index < -0.39 is 17.8 Å². The Labute approximate surface area is 131 Å². The molecule has 0 fully saturated rings. The predicted octanol–water partition coefficient (Wildman–Crippen LogP) is 3.64. The molecule has 0 bridgehead atoms. The zero-order valence-corrected chi connectivity index (χ0v) is 12.5. The van der Waals surface area contributed by atoms with Gasteiger partial charge in [-0.25, -0.2) is 4.39 Å². The van der Waals surface area contributed by atoms with Crippen LogP contribution in [0.3, 0.4) is 0 Å². The summed E-state index contributed by atoms with van der Waals surface area (Å²) in [7, 11) is 0. The number of carbonyl (C=O) groups excluding carboxylic acids is 1. The van der Waals surface area contributed by atoms with E-state index in [9.17, 15) is 9.18 Å². The number of amides is 1. The van der Waals surface area contributed by atoms with Crippen LogP contribution in [0.1, 0.15) is 5.56 Å². The maximum atomic E-state index is 13.1. The Hall–Kier alpha value is -1.62. The fourth-order valence-corrected chi connectivity index (χ4v) is 2.39. The first-order chi connectivity index (χ1) is 9.97. The maximum Gasteiger partial charge on any atom is 0.241 e. The van der Waals surface area contributed by atoms with E-state index >= 15 is 0 Å². The molecule has 6 heteroatoms.